The molecule has 1 aliphatic heterocycles. The Kier molecular flexibility index (Phi) is 4.17. The second-order valence-electron chi connectivity index (χ2n) is 5.60. The van der Waals surface area contributed by atoms with Gasteiger partial charge in [0.2, 0.25) is 5.76 Å². The summed E-state index contributed by atoms with van der Waals surface area (Å²) in [5.74, 6) is -0.428. The number of nitrogens with zero attached hydrogens (tertiary/aromatic N) is 1. The molecule has 0 spiro atoms. The van der Waals surface area contributed by atoms with Crippen LogP contribution in [0.3, 0.4) is 0 Å². The fourth-order valence-corrected chi connectivity index (χ4v) is 3.15. The highest BCUT2D eigenvalue weighted by atomic mass is 35.5. The highest BCUT2D eigenvalue weighted by Crippen LogP contribution is 2.31. The molecule has 0 radical (unpaired) electrons. The first kappa shape index (κ1) is 15.7. The Balaban J connectivity index is 1.75. The Bertz CT molecular complexity index is 771. The Labute approximate surface area is 138 Å². The lowest BCUT2D eigenvalue weighted by Crippen LogP contribution is -2.41. The van der Waals surface area contributed by atoms with Crippen LogP contribution in [0, 0.1) is 6.92 Å². The molecule has 1 fully saturated rings. The smallest absolute Gasteiger partial charge is 0.374 e. The molecule has 0 aliphatic carbocycles. The molecule has 7 heteroatoms. The molecule has 1 aliphatic rings. The van der Waals surface area contributed by atoms with E-state index in [9.17, 15) is 9.59 Å². The Hall–Kier alpha value is -2.21. The molecule has 2 amide bonds. The maximum absolute atomic E-state index is 12.3. The number of ether oxygens (including phenoxy) is 1. The van der Waals surface area contributed by atoms with Gasteiger partial charge in [-0.25, -0.2) is 9.59 Å². The predicted molar refractivity (Wildman–Crippen MR) is 85.6 cm³/mol. The topological polar surface area (TPSA) is 85.8 Å². The van der Waals surface area contributed by atoms with Gasteiger partial charge in [-0.1, -0.05) is 23.7 Å². The van der Waals surface area contributed by atoms with E-state index in [2.05, 4.69) is 0 Å². The van der Waals surface area contributed by atoms with Gasteiger partial charge in [-0.05, 0) is 25.8 Å². The maximum Gasteiger partial charge on any atom is 0.374 e. The number of rotatable bonds is 3. The van der Waals surface area contributed by atoms with Gasteiger partial charge < -0.3 is 19.8 Å². The fraction of sp³-hybridized carbons (Fsp3) is 0.375. The van der Waals surface area contributed by atoms with Gasteiger partial charge in [0.25, 0.3) is 0 Å². The average molecular weight is 337 g/mol. The summed E-state index contributed by atoms with van der Waals surface area (Å²) < 4.78 is 10.9. The minimum atomic E-state index is -0.564. The van der Waals surface area contributed by atoms with Gasteiger partial charge in [0.1, 0.15) is 6.61 Å². The first-order chi connectivity index (χ1) is 11.0. The molecule has 1 saturated heterocycles. The monoisotopic (exact) mass is 336 g/mol. The number of halogens is 1. The number of hydrogen-bond donors (Lipinski definition) is 1. The van der Waals surface area contributed by atoms with Crippen LogP contribution in [0.5, 0.6) is 0 Å². The second kappa shape index (κ2) is 6.12. The highest BCUT2D eigenvalue weighted by molar-refractivity contribution is 6.35. The minimum Gasteiger partial charge on any atom is -0.458 e. The zero-order valence-corrected chi connectivity index (χ0v) is 13.4. The number of hydrogen-bond acceptors (Lipinski definition) is 4. The summed E-state index contributed by atoms with van der Waals surface area (Å²) in [7, 11) is 0. The number of carbonyl (C=O) groups excluding carboxylic acids is 2. The van der Waals surface area contributed by atoms with Crippen molar-refractivity contribution >= 4 is 34.6 Å². The summed E-state index contributed by atoms with van der Waals surface area (Å²) in [5.41, 5.74) is 6.47. The van der Waals surface area contributed by atoms with Gasteiger partial charge >= 0.3 is 12.0 Å². The zero-order valence-electron chi connectivity index (χ0n) is 12.7. The number of carbonyl (C=O) groups is 2. The highest BCUT2D eigenvalue weighted by Gasteiger charge is 2.29. The van der Waals surface area contributed by atoms with Gasteiger partial charge in [-0.3, -0.25) is 0 Å². The van der Waals surface area contributed by atoms with Crippen LogP contribution < -0.4 is 5.73 Å². The molecule has 23 heavy (non-hydrogen) atoms. The van der Waals surface area contributed by atoms with E-state index in [0.29, 0.717) is 22.7 Å². The number of likely N-dealkylation sites (tertiary alicyclic amines) is 1. The molecule has 0 unspecified atom stereocenters. The van der Waals surface area contributed by atoms with Crippen molar-refractivity contribution in [1.82, 2.24) is 4.90 Å². The number of nitrogens with two attached hydrogens (primary N) is 1. The molecule has 0 bridgehead atoms. The van der Waals surface area contributed by atoms with Gasteiger partial charge in [0.15, 0.2) is 5.58 Å². The van der Waals surface area contributed by atoms with Crippen LogP contribution in [0.1, 0.15) is 29.0 Å². The molecule has 1 aromatic carbocycles. The van der Waals surface area contributed by atoms with Gasteiger partial charge in [0, 0.05) is 17.5 Å². The summed E-state index contributed by atoms with van der Waals surface area (Å²) in [5, 5.41) is 1.23. The lowest BCUT2D eigenvalue weighted by Gasteiger charge is -2.21. The standard InChI is InChI=1S/C16H17ClN2O4/c1-9-11-5-2-6-12(17)14(11)23-13(9)15(20)22-8-10-4-3-7-19(10)16(18)21/h2,5-6,10H,3-4,7-8H2,1H3,(H2,18,21)/t10-/m0/s1. The van der Waals surface area contributed by atoms with E-state index < -0.39 is 12.0 Å². The van der Waals surface area contributed by atoms with Crippen LogP contribution in [-0.2, 0) is 4.74 Å². The molecule has 1 atom stereocenters. The molecule has 2 heterocycles. The Morgan fingerprint density at radius 2 is 2.26 bits per heavy atom. The molecular formula is C16H17ClN2O4. The number of esters is 1. The normalized spacial score (nSPS) is 17.7. The van der Waals surface area contributed by atoms with E-state index in [4.69, 9.17) is 26.5 Å². The van der Waals surface area contributed by atoms with Crippen molar-refractivity contribution in [3.63, 3.8) is 0 Å². The Morgan fingerprint density at radius 3 is 2.96 bits per heavy atom. The van der Waals surface area contributed by atoms with E-state index >= 15 is 0 Å². The Morgan fingerprint density at radius 1 is 1.48 bits per heavy atom. The van der Waals surface area contributed by atoms with Crippen molar-refractivity contribution < 1.29 is 18.7 Å². The number of primary amides is 1. The van der Waals surface area contributed by atoms with Crippen molar-refractivity contribution in [1.29, 1.82) is 0 Å². The largest absolute Gasteiger partial charge is 0.458 e. The number of fused-ring (bicyclic) bond motifs is 1. The van der Waals surface area contributed by atoms with Crippen molar-refractivity contribution in [2.45, 2.75) is 25.8 Å². The molecule has 2 N–H and O–H groups in total. The number of furan rings is 1. The summed E-state index contributed by atoms with van der Waals surface area (Å²) in [6, 6.07) is 4.67. The third-order valence-electron chi connectivity index (χ3n) is 4.17. The summed E-state index contributed by atoms with van der Waals surface area (Å²) in [4.78, 5) is 25.1. The summed E-state index contributed by atoms with van der Waals surface area (Å²) in [6.07, 6.45) is 1.62. The molecular weight excluding hydrogens is 320 g/mol. The summed E-state index contributed by atoms with van der Waals surface area (Å²) in [6.45, 7) is 2.48. The van der Waals surface area contributed by atoms with Gasteiger partial charge in [0.05, 0.1) is 11.1 Å². The van der Waals surface area contributed by atoms with E-state index in [1.807, 2.05) is 6.07 Å². The zero-order chi connectivity index (χ0) is 16.6. The third kappa shape index (κ3) is 2.86. The third-order valence-corrected chi connectivity index (χ3v) is 4.47. The second-order valence-corrected chi connectivity index (χ2v) is 6.01. The summed E-state index contributed by atoms with van der Waals surface area (Å²) >= 11 is 6.08. The average Bonchev–Trinajstić information content (AvgIpc) is 3.11. The number of urea groups is 1. The van der Waals surface area contributed by atoms with Gasteiger partial charge in [-0.15, -0.1) is 0 Å². The number of amides is 2. The van der Waals surface area contributed by atoms with E-state index in [-0.39, 0.29) is 18.4 Å². The number of para-hydroxylation sites is 1. The molecule has 3 rings (SSSR count). The van der Waals surface area contributed by atoms with Crippen LogP contribution >= 0.6 is 11.6 Å². The predicted octanol–water partition coefficient (Wildman–Crippen LogP) is 3.09. The first-order valence-electron chi connectivity index (χ1n) is 7.40. The lowest BCUT2D eigenvalue weighted by molar-refractivity contribution is 0.0388. The van der Waals surface area contributed by atoms with Crippen LogP contribution in [0.15, 0.2) is 22.6 Å². The van der Waals surface area contributed by atoms with E-state index in [1.165, 1.54) is 4.90 Å². The van der Waals surface area contributed by atoms with Gasteiger partial charge in [-0.2, -0.15) is 0 Å². The molecule has 122 valence electrons. The first-order valence-corrected chi connectivity index (χ1v) is 7.77. The SMILES string of the molecule is Cc1c(C(=O)OC[C@@H]2CCCN2C(N)=O)oc2c(Cl)cccc12. The molecule has 1 aromatic heterocycles. The van der Waals surface area contributed by atoms with Crippen LogP contribution in [0.4, 0.5) is 4.79 Å². The fourth-order valence-electron chi connectivity index (χ4n) is 2.94. The lowest BCUT2D eigenvalue weighted by atomic mass is 10.1. The minimum absolute atomic E-state index is 0.103. The molecule has 0 saturated carbocycles. The van der Waals surface area contributed by atoms with Crippen molar-refractivity contribution in [2.24, 2.45) is 5.73 Å². The van der Waals surface area contributed by atoms with Crippen LogP contribution in [0.25, 0.3) is 11.0 Å². The van der Waals surface area contributed by atoms with Crippen molar-refractivity contribution in [3.8, 4) is 0 Å². The van der Waals surface area contributed by atoms with Crippen molar-refractivity contribution in [2.75, 3.05) is 13.2 Å². The van der Waals surface area contributed by atoms with Crippen LogP contribution in [-0.4, -0.2) is 36.1 Å². The van der Waals surface area contributed by atoms with Crippen molar-refractivity contribution in [3.05, 3.63) is 34.5 Å². The van der Waals surface area contributed by atoms with Crippen LogP contribution in [0.2, 0.25) is 5.02 Å². The maximum atomic E-state index is 12.3. The molecule has 2 aromatic rings. The molecule has 6 nitrogen and oxygen atoms in total. The number of benzene rings is 1. The van der Waals surface area contributed by atoms with E-state index in [1.54, 1.807) is 19.1 Å². The quantitative estimate of drug-likeness (QED) is 0.873. The van der Waals surface area contributed by atoms with E-state index in [0.717, 1.165) is 18.2 Å². The number of aryl methyl sites for hydroxylation is 1.